The molecule has 1 N–H and O–H groups in total. The smallest absolute Gasteiger partial charge is 0.217 e. The molecule has 0 spiro atoms. The molecule has 0 bridgehead atoms. The summed E-state index contributed by atoms with van der Waals surface area (Å²) in [6, 6.07) is 8.27. The lowest BCUT2D eigenvalue weighted by atomic mass is 10.0. The summed E-state index contributed by atoms with van der Waals surface area (Å²) < 4.78 is 0. The average Bonchev–Trinajstić information content (AvgIpc) is 3.15. The van der Waals surface area contributed by atoms with Crippen LogP contribution in [0.5, 0.6) is 0 Å². The SMILES string of the molecule is CC(=O)NC(C)Cc1ccc(C#Cc2cnc(CC3CCCC3)nc2)cc1. The van der Waals surface area contributed by atoms with E-state index in [1.54, 1.807) is 6.92 Å². The summed E-state index contributed by atoms with van der Waals surface area (Å²) in [7, 11) is 0. The molecular formula is C23H27N3O. The van der Waals surface area contributed by atoms with Crippen LogP contribution in [-0.2, 0) is 17.6 Å². The summed E-state index contributed by atoms with van der Waals surface area (Å²) in [5.41, 5.74) is 2.98. The number of hydrogen-bond donors (Lipinski definition) is 1. The Hall–Kier alpha value is -2.67. The van der Waals surface area contributed by atoms with Crippen molar-refractivity contribution >= 4 is 5.91 Å². The third-order valence-corrected chi connectivity index (χ3v) is 4.95. The van der Waals surface area contributed by atoms with Crippen LogP contribution in [0.15, 0.2) is 36.7 Å². The van der Waals surface area contributed by atoms with Crippen LogP contribution in [0.1, 0.15) is 62.0 Å². The minimum Gasteiger partial charge on any atom is -0.354 e. The summed E-state index contributed by atoms with van der Waals surface area (Å²) in [5.74, 6) is 8.00. The van der Waals surface area contributed by atoms with Crippen molar-refractivity contribution < 1.29 is 4.79 Å². The number of rotatable bonds is 5. The quantitative estimate of drug-likeness (QED) is 0.827. The van der Waals surface area contributed by atoms with Crippen LogP contribution in [0.2, 0.25) is 0 Å². The highest BCUT2D eigenvalue weighted by Crippen LogP contribution is 2.26. The van der Waals surface area contributed by atoms with E-state index >= 15 is 0 Å². The molecule has 2 aromatic rings. The molecule has 1 aliphatic carbocycles. The third kappa shape index (κ3) is 6.21. The molecule has 1 amide bonds. The Labute approximate surface area is 161 Å². The molecule has 0 aliphatic heterocycles. The van der Waals surface area contributed by atoms with E-state index < -0.39 is 0 Å². The lowest BCUT2D eigenvalue weighted by Gasteiger charge is -2.12. The summed E-state index contributed by atoms with van der Waals surface area (Å²) >= 11 is 0. The van der Waals surface area contributed by atoms with E-state index in [1.807, 2.05) is 31.5 Å². The van der Waals surface area contributed by atoms with Crippen molar-refractivity contribution in [3.05, 3.63) is 59.2 Å². The van der Waals surface area contributed by atoms with E-state index in [0.29, 0.717) is 0 Å². The van der Waals surface area contributed by atoms with Crippen LogP contribution in [0, 0.1) is 17.8 Å². The molecule has 4 heteroatoms. The number of amides is 1. The Morgan fingerprint density at radius 3 is 2.37 bits per heavy atom. The van der Waals surface area contributed by atoms with Gasteiger partial charge in [-0.15, -0.1) is 0 Å². The molecule has 1 aromatic heterocycles. The molecule has 1 saturated carbocycles. The third-order valence-electron chi connectivity index (χ3n) is 4.95. The second-order valence-electron chi connectivity index (χ2n) is 7.50. The van der Waals surface area contributed by atoms with E-state index in [9.17, 15) is 4.79 Å². The van der Waals surface area contributed by atoms with Gasteiger partial charge in [-0.05, 0) is 37.0 Å². The Morgan fingerprint density at radius 1 is 1.11 bits per heavy atom. The van der Waals surface area contributed by atoms with E-state index in [0.717, 1.165) is 35.7 Å². The Kier molecular flexibility index (Phi) is 6.59. The van der Waals surface area contributed by atoms with Gasteiger partial charge in [-0.1, -0.05) is 49.7 Å². The van der Waals surface area contributed by atoms with E-state index in [1.165, 1.54) is 31.2 Å². The van der Waals surface area contributed by atoms with Gasteiger partial charge in [0.25, 0.3) is 0 Å². The van der Waals surface area contributed by atoms with Crippen LogP contribution in [-0.4, -0.2) is 21.9 Å². The molecular weight excluding hydrogens is 334 g/mol. The number of hydrogen-bond acceptors (Lipinski definition) is 3. The van der Waals surface area contributed by atoms with Crippen molar-refractivity contribution in [2.75, 3.05) is 0 Å². The van der Waals surface area contributed by atoms with Gasteiger partial charge in [0.15, 0.2) is 0 Å². The zero-order chi connectivity index (χ0) is 19.1. The average molecular weight is 361 g/mol. The largest absolute Gasteiger partial charge is 0.354 e. The molecule has 1 atom stereocenters. The fraction of sp³-hybridized carbons (Fsp3) is 0.435. The minimum absolute atomic E-state index is 0.00136. The van der Waals surface area contributed by atoms with Crippen molar-refractivity contribution in [2.45, 2.75) is 58.4 Å². The Bertz CT molecular complexity index is 809. The highest BCUT2D eigenvalue weighted by Gasteiger charge is 2.16. The van der Waals surface area contributed by atoms with Gasteiger partial charge in [-0.3, -0.25) is 4.79 Å². The molecule has 1 unspecified atom stereocenters. The first-order chi connectivity index (χ1) is 13.1. The van der Waals surface area contributed by atoms with Gasteiger partial charge in [0.1, 0.15) is 5.82 Å². The zero-order valence-electron chi connectivity index (χ0n) is 16.2. The van der Waals surface area contributed by atoms with Crippen molar-refractivity contribution in [1.29, 1.82) is 0 Å². The molecule has 3 rings (SSSR count). The Morgan fingerprint density at radius 2 is 1.74 bits per heavy atom. The highest BCUT2D eigenvalue weighted by atomic mass is 16.1. The van der Waals surface area contributed by atoms with Crippen LogP contribution < -0.4 is 5.32 Å². The molecule has 0 saturated heterocycles. The first-order valence-corrected chi connectivity index (χ1v) is 9.77. The van der Waals surface area contributed by atoms with Gasteiger partial charge in [0, 0.05) is 37.3 Å². The van der Waals surface area contributed by atoms with Crippen LogP contribution in [0.4, 0.5) is 0 Å². The van der Waals surface area contributed by atoms with Crippen molar-refractivity contribution in [2.24, 2.45) is 5.92 Å². The Balaban J connectivity index is 1.56. The van der Waals surface area contributed by atoms with Crippen molar-refractivity contribution in [3.63, 3.8) is 0 Å². The van der Waals surface area contributed by atoms with Crippen molar-refractivity contribution in [3.8, 4) is 11.8 Å². The van der Waals surface area contributed by atoms with Crippen LogP contribution >= 0.6 is 0 Å². The van der Waals surface area contributed by atoms with Gasteiger partial charge in [0.2, 0.25) is 5.91 Å². The molecule has 1 heterocycles. The predicted molar refractivity (Wildman–Crippen MR) is 107 cm³/mol. The molecule has 140 valence electrons. The second-order valence-corrected chi connectivity index (χ2v) is 7.50. The maximum Gasteiger partial charge on any atom is 0.217 e. The van der Waals surface area contributed by atoms with Gasteiger partial charge >= 0.3 is 0 Å². The summed E-state index contributed by atoms with van der Waals surface area (Å²) in [5, 5.41) is 2.90. The standard InChI is InChI=1S/C23H27N3O/c1-17(26-18(2)27)13-21-10-7-19(8-11-21)9-12-22-15-24-23(25-16-22)14-20-5-3-4-6-20/h7-8,10-11,15-17,20H,3-6,13-14H2,1-2H3,(H,26,27). The maximum absolute atomic E-state index is 11.1. The maximum atomic E-state index is 11.1. The summed E-state index contributed by atoms with van der Waals surface area (Å²) in [6.07, 6.45) is 10.8. The topological polar surface area (TPSA) is 54.9 Å². The van der Waals surface area contributed by atoms with Gasteiger partial charge in [-0.25, -0.2) is 9.97 Å². The van der Waals surface area contributed by atoms with E-state index in [2.05, 4.69) is 39.3 Å². The number of benzene rings is 1. The lowest BCUT2D eigenvalue weighted by Crippen LogP contribution is -2.31. The van der Waals surface area contributed by atoms with Crippen LogP contribution in [0.3, 0.4) is 0 Å². The second kappa shape index (κ2) is 9.32. The zero-order valence-corrected chi connectivity index (χ0v) is 16.2. The number of nitrogens with zero attached hydrogens (tertiary/aromatic N) is 2. The molecule has 4 nitrogen and oxygen atoms in total. The van der Waals surface area contributed by atoms with Gasteiger partial charge in [-0.2, -0.15) is 0 Å². The first kappa shape index (κ1) is 19.1. The number of carbonyl (C=O) groups excluding carboxylic acids is 1. The van der Waals surface area contributed by atoms with Crippen LogP contribution in [0.25, 0.3) is 0 Å². The monoisotopic (exact) mass is 361 g/mol. The fourth-order valence-corrected chi connectivity index (χ4v) is 3.62. The summed E-state index contributed by atoms with van der Waals surface area (Å²) in [6.45, 7) is 3.55. The first-order valence-electron chi connectivity index (χ1n) is 9.77. The summed E-state index contributed by atoms with van der Waals surface area (Å²) in [4.78, 5) is 20.0. The predicted octanol–water partition coefficient (Wildman–Crippen LogP) is 3.68. The number of carbonyl (C=O) groups is 1. The highest BCUT2D eigenvalue weighted by molar-refractivity contribution is 5.73. The molecule has 1 aliphatic rings. The van der Waals surface area contributed by atoms with E-state index in [4.69, 9.17) is 0 Å². The minimum atomic E-state index is 0.00136. The van der Waals surface area contributed by atoms with Gasteiger partial charge < -0.3 is 5.32 Å². The fourth-order valence-electron chi connectivity index (χ4n) is 3.62. The normalized spacial score (nSPS) is 15.0. The van der Waals surface area contributed by atoms with Gasteiger partial charge in [0.05, 0.1) is 5.56 Å². The number of aromatic nitrogens is 2. The number of nitrogens with one attached hydrogen (secondary N) is 1. The molecule has 1 fully saturated rings. The van der Waals surface area contributed by atoms with Crippen molar-refractivity contribution in [1.82, 2.24) is 15.3 Å². The molecule has 1 aromatic carbocycles. The molecule has 0 radical (unpaired) electrons. The molecule has 27 heavy (non-hydrogen) atoms. The lowest BCUT2D eigenvalue weighted by molar-refractivity contribution is -0.119. The van der Waals surface area contributed by atoms with E-state index in [-0.39, 0.29) is 11.9 Å².